The Balaban J connectivity index is 0.000000549. The number of aromatic nitrogens is 2. The van der Waals surface area contributed by atoms with E-state index in [9.17, 15) is 45.9 Å². The molecule has 18 nitrogen and oxygen atoms in total. The van der Waals surface area contributed by atoms with Crippen molar-refractivity contribution in [2.24, 2.45) is 0 Å². The molecule has 298 valence electrons. The smallest absolute Gasteiger partial charge is 0.503 e. The van der Waals surface area contributed by atoms with Crippen molar-refractivity contribution in [2.45, 2.75) is 85.3 Å². The summed E-state index contributed by atoms with van der Waals surface area (Å²) < 4.78 is 94.5. The van der Waals surface area contributed by atoms with Gasteiger partial charge >= 0.3 is 39.8 Å². The molecule has 2 heterocycles. The molecule has 0 unspecified atom stereocenters. The van der Waals surface area contributed by atoms with Gasteiger partial charge in [0.15, 0.2) is 17.2 Å². The van der Waals surface area contributed by atoms with E-state index in [0.717, 1.165) is 13.0 Å². The van der Waals surface area contributed by atoms with Crippen LogP contribution < -0.4 is 24.3 Å². The molecule has 0 bridgehead atoms. The highest BCUT2D eigenvalue weighted by atomic mass is 32.2. The van der Waals surface area contributed by atoms with Crippen LogP contribution in [0, 0.1) is 0 Å². The maximum atomic E-state index is 12.6. The van der Waals surface area contributed by atoms with Crippen molar-refractivity contribution in [1.82, 2.24) is 20.6 Å². The lowest BCUT2D eigenvalue weighted by molar-refractivity contribution is -0.143. The zero-order valence-electron chi connectivity index (χ0n) is 30.2. The number of hydrogen-bond acceptors (Lipinski definition) is 16. The highest BCUT2D eigenvalue weighted by Gasteiger charge is 2.49. The molecule has 2 amide bonds. The van der Waals surface area contributed by atoms with E-state index in [4.69, 9.17) is 28.4 Å². The van der Waals surface area contributed by atoms with Gasteiger partial charge in [-0.05, 0) is 41.5 Å². The monoisotopic (exact) mass is 784 g/mol. The molecule has 0 saturated heterocycles. The predicted molar refractivity (Wildman–Crippen MR) is 176 cm³/mol. The first-order valence-corrected chi connectivity index (χ1v) is 16.8. The Morgan fingerprint density at radius 2 is 1.13 bits per heavy atom. The Kier molecular flexibility index (Phi) is 17.3. The van der Waals surface area contributed by atoms with Gasteiger partial charge in [0, 0.05) is 26.0 Å². The lowest BCUT2D eigenvalue weighted by atomic mass is 10.2. The first-order chi connectivity index (χ1) is 24.3. The van der Waals surface area contributed by atoms with Gasteiger partial charge in [-0.15, -0.1) is 0 Å². The number of carbonyl (C=O) groups is 4. The molecule has 53 heavy (non-hydrogen) atoms. The molecule has 0 spiro atoms. The molecule has 0 saturated carbocycles. The number of nitrogens with zero attached hydrogens (tertiary/aromatic N) is 2. The maximum Gasteiger partial charge on any atom is 0.534 e. The van der Waals surface area contributed by atoms with Gasteiger partial charge in [-0.3, -0.25) is 19.6 Å². The molecular weight excluding hydrogens is 741 g/mol. The maximum absolute atomic E-state index is 12.6. The van der Waals surface area contributed by atoms with Crippen LogP contribution in [0.4, 0.5) is 22.8 Å². The molecule has 0 aliphatic heterocycles. The summed E-state index contributed by atoms with van der Waals surface area (Å²) in [6.07, 6.45) is 0.580. The number of ether oxygens (including phenoxy) is 6. The van der Waals surface area contributed by atoms with Gasteiger partial charge in [-0.25, -0.2) is 9.59 Å². The Morgan fingerprint density at radius 3 is 1.55 bits per heavy atom. The van der Waals surface area contributed by atoms with Crippen LogP contribution >= 0.6 is 0 Å². The van der Waals surface area contributed by atoms with E-state index in [2.05, 4.69) is 24.8 Å². The van der Waals surface area contributed by atoms with Gasteiger partial charge in [0.1, 0.15) is 37.6 Å². The van der Waals surface area contributed by atoms with E-state index in [-0.39, 0.29) is 56.7 Å². The van der Waals surface area contributed by atoms with Crippen molar-refractivity contribution in [3.63, 3.8) is 0 Å². The molecule has 0 aliphatic rings. The van der Waals surface area contributed by atoms with Gasteiger partial charge in [0.05, 0.1) is 36.9 Å². The Labute approximate surface area is 303 Å². The third kappa shape index (κ3) is 19.8. The SMILES string of the molecule is CC(=O)OCc1cc(OCCNC(=O)OC(C)(C)C)c(O)cn1.CC(=O)OCc1cc(OCCNC(=O)OC(C)(C)C)c(OS(=O)(=O)C(F)(F)F)cn1. The number of amides is 2. The summed E-state index contributed by atoms with van der Waals surface area (Å²) in [4.78, 5) is 52.2. The fourth-order valence-corrected chi connectivity index (χ4v) is 3.61. The minimum absolute atomic E-state index is 0.0118. The zero-order chi connectivity index (χ0) is 40.6. The van der Waals surface area contributed by atoms with Gasteiger partial charge in [0.2, 0.25) is 5.75 Å². The average Bonchev–Trinajstić information content (AvgIpc) is 2.99. The number of alkyl halides is 3. The molecule has 2 aromatic heterocycles. The number of alkyl carbamates (subject to hydrolysis) is 2. The normalized spacial score (nSPS) is 11.5. The van der Waals surface area contributed by atoms with Crippen LogP contribution in [-0.2, 0) is 51.9 Å². The van der Waals surface area contributed by atoms with Crippen LogP contribution in [0.15, 0.2) is 24.5 Å². The van der Waals surface area contributed by atoms with Crippen molar-refractivity contribution in [3.05, 3.63) is 35.9 Å². The first kappa shape index (κ1) is 45.7. The Morgan fingerprint density at radius 1 is 0.717 bits per heavy atom. The lowest BCUT2D eigenvalue weighted by Crippen LogP contribution is -2.34. The van der Waals surface area contributed by atoms with Crippen molar-refractivity contribution < 1.29 is 78.5 Å². The van der Waals surface area contributed by atoms with Crippen LogP contribution in [0.3, 0.4) is 0 Å². The highest BCUT2D eigenvalue weighted by molar-refractivity contribution is 7.88. The summed E-state index contributed by atoms with van der Waals surface area (Å²) in [5, 5.41) is 14.5. The molecule has 3 N–H and O–H groups in total. The zero-order valence-corrected chi connectivity index (χ0v) is 31.1. The van der Waals surface area contributed by atoms with Gasteiger partial charge < -0.3 is 48.3 Å². The van der Waals surface area contributed by atoms with Gasteiger partial charge in [-0.2, -0.15) is 21.6 Å². The standard InChI is InChI=1S/C16H21F3N2O8S.C15H22N2O6/c1-10(22)27-9-11-7-12(26-6-5-20-14(23)28-15(2,3)4)13(8-21-11)29-30(24,25)16(17,18)19;1-10(18)22-9-11-7-13(12(19)8-17-11)21-6-5-16-14(20)23-15(2,3)4/h7-8H,5-6,9H2,1-4H3,(H,20,23);7-8,19H,5-6,9H2,1-4H3,(H,16,20). The lowest BCUT2D eigenvalue weighted by Gasteiger charge is -2.19. The average molecular weight is 785 g/mol. The molecule has 0 aromatic carbocycles. The molecule has 22 heteroatoms. The summed E-state index contributed by atoms with van der Waals surface area (Å²) in [6, 6.07) is 2.50. The summed E-state index contributed by atoms with van der Waals surface area (Å²) in [5.41, 5.74) is -6.49. The van der Waals surface area contributed by atoms with Crippen LogP contribution in [-0.4, -0.2) is 90.6 Å². The fourth-order valence-electron chi connectivity index (χ4n) is 3.16. The Hall–Kier alpha value is -5.28. The van der Waals surface area contributed by atoms with Crippen molar-refractivity contribution >= 4 is 34.2 Å². The number of halogens is 3. The van der Waals surface area contributed by atoms with E-state index in [1.807, 2.05) is 0 Å². The minimum atomic E-state index is -5.97. The third-order valence-corrected chi connectivity index (χ3v) is 6.14. The van der Waals surface area contributed by atoms with Gasteiger partial charge in [0.25, 0.3) is 0 Å². The molecule has 2 rings (SSSR count). The van der Waals surface area contributed by atoms with E-state index in [1.54, 1.807) is 41.5 Å². The molecule has 0 aliphatic carbocycles. The number of nitrogens with one attached hydrogen (secondary N) is 2. The van der Waals surface area contributed by atoms with Crippen molar-refractivity contribution in [3.8, 4) is 23.0 Å². The van der Waals surface area contributed by atoms with Crippen molar-refractivity contribution in [2.75, 3.05) is 26.3 Å². The number of pyridine rings is 2. The second-order valence-electron chi connectivity index (χ2n) is 12.4. The number of carbonyl (C=O) groups excluding carboxylic acids is 4. The van der Waals surface area contributed by atoms with Crippen LogP contribution in [0.5, 0.6) is 23.0 Å². The summed E-state index contributed by atoms with van der Waals surface area (Å²) >= 11 is 0. The molecule has 0 fully saturated rings. The van der Waals surface area contributed by atoms with Crippen LogP contribution in [0.2, 0.25) is 0 Å². The molecule has 2 aromatic rings. The van der Waals surface area contributed by atoms with E-state index >= 15 is 0 Å². The second-order valence-corrected chi connectivity index (χ2v) is 13.9. The first-order valence-electron chi connectivity index (χ1n) is 15.4. The predicted octanol–water partition coefficient (Wildman–Crippen LogP) is 4.03. The number of rotatable bonds is 14. The fraction of sp³-hybridized carbons (Fsp3) is 0.548. The summed E-state index contributed by atoms with van der Waals surface area (Å²) in [5.74, 6) is -2.28. The second kappa shape index (κ2) is 20.1. The number of esters is 2. The van der Waals surface area contributed by atoms with E-state index < -0.39 is 62.5 Å². The number of aromatic hydroxyl groups is 1. The van der Waals surface area contributed by atoms with E-state index in [1.165, 1.54) is 19.2 Å². The third-order valence-electron chi connectivity index (χ3n) is 5.18. The summed E-state index contributed by atoms with van der Waals surface area (Å²) in [7, 11) is -5.97. The highest BCUT2D eigenvalue weighted by Crippen LogP contribution is 2.33. The molecular formula is C31H43F3N4O14S. The largest absolute Gasteiger partial charge is 0.534 e. The van der Waals surface area contributed by atoms with Crippen LogP contribution in [0.1, 0.15) is 66.8 Å². The van der Waals surface area contributed by atoms with Crippen LogP contribution in [0.25, 0.3) is 0 Å². The number of hydrogen-bond donors (Lipinski definition) is 3. The van der Waals surface area contributed by atoms with E-state index in [0.29, 0.717) is 11.9 Å². The Bertz CT molecular complexity index is 1660. The molecule has 0 atom stereocenters. The summed E-state index contributed by atoms with van der Waals surface area (Å²) in [6.45, 7) is 12.2. The van der Waals surface area contributed by atoms with Gasteiger partial charge in [-0.1, -0.05) is 0 Å². The topological polar surface area (TPSA) is 237 Å². The van der Waals surface area contributed by atoms with Crippen molar-refractivity contribution in [1.29, 1.82) is 0 Å². The quantitative estimate of drug-likeness (QED) is 0.0806. The minimum Gasteiger partial charge on any atom is -0.503 e. The molecule has 0 radical (unpaired) electrons.